The third-order valence-electron chi connectivity index (χ3n) is 5.92. The van der Waals surface area contributed by atoms with E-state index in [1.807, 2.05) is 54.6 Å². The molecule has 4 rings (SSSR count). The normalized spacial score (nSPS) is 14.4. The largest absolute Gasteiger partial charge is 0.480 e. The average molecular weight is 415 g/mol. The number of hydrogen-bond acceptors (Lipinski definition) is 4. The summed E-state index contributed by atoms with van der Waals surface area (Å²) in [6.07, 6.45) is 0.507. The fraction of sp³-hybridized carbons (Fsp3) is 0.231. The van der Waals surface area contributed by atoms with Crippen molar-refractivity contribution in [3.63, 3.8) is 0 Å². The summed E-state index contributed by atoms with van der Waals surface area (Å²) in [6.45, 7) is 0.237. The van der Waals surface area contributed by atoms with Crippen molar-refractivity contribution >= 4 is 11.9 Å². The summed E-state index contributed by atoms with van der Waals surface area (Å²) in [5, 5.41) is 9.10. The molecule has 0 bridgehead atoms. The number of esters is 1. The molecule has 158 valence electrons. The Bertz CT molecular complexity index is 1030. The zero-order valence-electron chi connectivity index (χ0n) is 17.1. The van der Waals surface area contributed by atoms with E-state index < -0.39 is 17.9 Å². The summed E-state index contributed by atoms with van der Waals surface area (Å²) in [5.41, 5.74) is 11.1. The van der Waals surface area contributed by atoms with Crippen LogP contribution in [-0.4, -0.2) is 29.7 Å². The van der Waals surface area contributed by atoms with Crippen molar-refractivity contribution in [1.29, 1.82) is 0 Å². The first kappa shape index (κ1) is 20.8. The van der Waals surface area contributed by atoms with Gasteiger partial charge in [-0.2, -0.15) is 0 Å². The summed E-state index contributed by atoms with van der Waals surface area (Å²) in [4.78, 5) is 24.2. The SMILES string of the molecule is N[C@H](CC[C@@H](C(=O)OCC1c2ccccc2-c2ccccc21)c1ccccc1)C(=O)O. The van der Waals surface area contributed by atoms with Crippen LogP contribution in [0, 0.1) is 0 Å². The molecule has 0 aliphatic heterocycles. The third-order valence-corrected chi connectivity index (χ3v) is 5.92. The van der Waals surface area contributed by atoms with Gasteiger partial charge >= 0.3 is 11.9 Å². The van der Waals surface area contributed by atoms with Crippen molar-refractivity contribution < 1.29 is 19.4 Å². The Labute approximate surface area is 181 Å². The molecule has 0 saturated heterocycles. The van der Waals surface area contributed by atoms with Crippen LogP contribution >= 0.6 is 0 Å². The van der Waals surface area contributed by atoms with E-state index in [0.29, 0.717) is 6.42 Å². The highest BCUT2D eigenvalue weighted by atomic mass is 16.5. The number of rotatable bonds is 8. The molecule has 31 heavy (non-hydrogen) atoms. The van der Waals surface area contributed by atoms with Gasteiger partial charge in [0.05, 0.1) is 5.92 Å². The summed E-state index contributed by atoms with van der Waals surface area (Å²) in [7, 11) is 0. The number of nitrogens with two attached hydrogens (primary N) is 1. The summed E-state index contributed by atoms with van der Waals surface area (Å²) in [5.74, 6) is -2.00. The zero-order chi connectivity index (χ0) is 21.8. The van der Waals surface area contributed by atoms with Gasteiger partial charge in [-0.05, 0) is 40.7 Å². The number of carbonyl (C=O) groups excluding carboxylic acids is 1. The first-order valence-electron chi connectivity index (χ1n) is 10.4. The fourth-order valence-corrected chi connectivity index (χ4v) is 4.28. The molecule has 1 aliphatic rings. The Hall–Kier alpha value is -3.44. The first-order chi connectivity index (χ1) is 15.1. The number of benzene rings is 3. The predicted octanol–water partition coefficient (Wildman–Crippen LogP) is 4.32. The van der Waals surface area contributed by atoms with Gasteiger partial charge in [0.2, 0.25) is 0 Å². The number of fused-ring (bicyclic) bond motifs is 3. The van der Waals surface area contributed by atoms with Crippen molar-refractivity contribution in [2.45, 2.75) is 30.7 Å². The second-order valence-electron chi connectivity index (χ2n) is 7.84. The van der Waals surface area contributed by atoms with E-state index in [0.717, 1.165) is 16.7 Å². The molecule has 2 atom stereocenters. The number of carboxylic acids is 1. The number of ether oxygens (including phenoxy) is 1. The molecule has 0 radical (unpaired) electrons. The third kappa shape index (κ3) is 4.37. The van der Waals surface area contributed by atoms with Gasteiger partial charge in [0, 0.05) is 5.92 Å². The molecular formula is C26H25NO4. The highest BCUT2D eigenvalue weighted by Gasteiger charge is 2.31. The van der Waals surface area contributed by atoms with Crippen LogP contribution in [0.15, 0.2) is 78.9 Å². The zero-order valence-corrected chi connectivity index (χ0v) is 17.1. The predicted molar refractivity (Wildman–Crippen MR) is 119 cm³/mol. The maximum atomic E-state index is 13.1. The van der Waals surface area contributed by atoms with Crippen LogP contribution in [-0.2, 0) is 14.3 Å². The van der Waals surface area contributed by atoms with E-state index in [9.17, 15) is 9.59 Å². The molecule has 0 aromatic heterocycles. The summed E-state index contributed by atoms with van der Waals surface area (Å²) in [6, 6.07) is 24.7. The summed E-state index contributed by atoms with van der Waals surface area (Å²) < 4.78 is 5.82. The number of hydrogen-bond donors (Lipinski definition) is 2. The molecule has 0 fully saturated rings. The number of aliphatic carboxylic acids is 1. The van der Waals surface area contributed by atoms with E-state index in [1.54, 1.807) is 0 Å². The highest BCUT2D eigenvalue weighted by Crippen LogP contribution is 2.44. The van der Waals surface area contributed by atoms with Crippen LogP contribution in [0.2, 0.25) is 0 Å². The number of carbonyl (C=O) groups is 2. The smallest absolute Gasteiger partial charge is 0.320 e. The minimum absolute atomic E-state index is 0.0194. The van der Waals surface area contributed by atoms with E-state index in [-0.39, 0.29) is 24.9 Å². The Morgan fingerprint density at radius 1 is 0.839 bits per heavy atom. The fourth-order valence-electron chi connectivity index (χ4n) is 4.28. The molecule has 1 aliphatic carbocycles. The topological polar surface area (TPSA) is 89.6 Å². The Morgan fingerprint density at radius 3 is 1.97 bits per heavy atom. The molecule has 5 nitrogen and oxygen atoms in total. The lowest BCUT2D eigenvalue weighted by Gasteiger charge is -2.20. The van der Waals surface area contributed by atoms with Crippen molar-refractivity contribution in [2.24, 2.45) is 5.73 Å². The minimum Gasteiger partial charge on any atom is -0.480 e. The quantitative estimate of drug-likeness (QED) is 0.535. The van der Waals surface area contributed by atoms with Crippen molar-refractivity contribution in [1.82, 2.24) is 0 Å². The second-order valence-corrected chi connectivity index (χ2v) is 7.84. The van der Waals surface area contributed by atoms with E-state index in [2.05, 4.69) is 24.3 Å². The van der Waals surface area contributed by atoms with Gasteiger partial charge in [-0.1, -0.05) is 78.9 Å². The second kappa shape index (κ2) is 9.14. The van der Waals surface area contributed by atoms with Gasteiger partial charge in [-0.25, -0.2) is 0 Å². The Balaban J connectivity index is 1.52. The highest BCUT2D eigenvalue weighted by molar-refractivity contribution is 5.81. The lowest BCUT2D eigenvalue weighted by atomic mass is 9.92. The van der Waals surface area contributed by atoms with E-state index in [4.69, 9.17) is 15.6 Å². The van der Waals surface area contributed by atoms with Crippen LogP contribution in [0.5, 0.6) is 0 Å². The monoisotopic (exact) mass is 415 g/mol. The van der Waals surface area contributed by atoms with Crippen molar-refractivity contribution in [2.75, 3.05) is 6.61 Å². The van der Waals surface area contributed by atoms with Crippen LogP contribution in [0.3, 0.4) is 0 Å². The van der Waals surface area contributed by atoms with Gasteiger partial charge in [-0.15, -0.1) is 0 Å². The van der Waals surface area contributed by atoms with Gasteiger partial charge in [-0.3, -0.25) is 9.59 Å². The van der Waals surface area contributed by atoms with Gasteiger partial charge in [0.1, 0.15) is 12.6 Å². The van der Waals surface area contributed by atoms with Gasteiger partial charge in [0.15, 0.2) is 0 Å². The Kier molecular flexibility index (Phi) is 6.14. The van der Waals surface area contributed by atoms with Crippen LogP contribution in [0.4, 0.5) is 0 Å². The molecule has 0 saturated carbocycles. The molecule has 3 aromatic carbocycles. The van der Waals surface area contributed by atoms with E-state index in [1.165, 1.54) is 11.1 Å². The van der Waals surface area contributed by atoms with Gasteiger partial charge in [0.25, 0.3) is 0 Å². The van der Waals surface area contributed by atoms with Crippen LogP contribution < -0.4 is 5.73 Å². The lowest BCUT2D eigenvalue weighted by molar-refractivity contribution is -0.146. The molecule has 0 spiro atoms. The molecular weight excluding hydrogens is 390 g/mol. The van der Waals surface area contributed by atoms with Crippen molar-refractivity contribution in [3.8, 4) is 11.1 Å². The van der Waals surface area contributed by atoms with E-state index >= 15 is 0 Å². The van der Waals surface area contributed by atoms with Gasteiger partial charge < -0.3 is 15.6 Å². The molecule has 0 unspecified atom stereocenters. The maximum absolute atomic E-state index is 13.1. The molecule has 3 N–H and O–H groups in total. The minimum atomic E-state index is -1.07. The standard InChI is InChI=1S/C26H25NO4/c27-24(25(28)29)15-14-18(17-8-2-1-3-9-17)26(30)31-16-23-21-12-6-4-10-19(21)20-11-5-7-13-22(20)23/h1-13,18,23-24H,14-16,27H2,(H,28,29)/t18-,24-/m1/s1. The molecule has 0 amide bonds. The maximum Gasteiger partial charge on any atom is 0.320 e. The molecule has 0 heterocycles. The number of carboxylic acid groups (broad SMARTS) is 1. The van der Waals surface area contributed by atoms with Crippen LogP contribution in [0.25, 0.3) is 11.1 Å². The lowest BCUT2D eigenvalue weighted by Crippen LogP contribution is -2.31. The van der Waals surface area contributed by atoms with Crippen molar-refractivity contribution in [3.05, 3.63) is 95.6 Å². The average Bonchev–Trinajstić information content (AvgIpc) is 3.12. The Morgan fingerprint density at radius 2 is 1.39 bits per heavy atom. The summed E-state index contributed by atoms with van der Waals surface area (Å²) >= 11 is 0. The molecule has 5 heteroatoms. The first-order valence-corrected chi connectivity index (χ1v) is 10.4. The van der Waals surface area contributed by atoms with Crippen LogP contribution in [0.1, 0.15) is 41.4 Å². The molecule has 3 aromatic rings.